The summed E-state index contributed by atoms with van der Waals surface area (Å²) in [6.07, 6.45) is 0.634. The summed E-state index contributed by atoms with van der Waals surface area (Å²) in [7, 11) is 0. The number of benzene rings is 1. The molecule has 0 amide bonds. The maximum Gasteiger partial charge on any atom is 0.240 e. The fourth-order valence-electron chi connectivity index (χ4n) is 1.72. The van der Waals surface area contributed by atoms with Crippen LogP contribution in [-0.4, -0.2) is 23.3 Å². The van der Waals surface area contributed by atoms with Gasteiger partial charge in [0.05, 0.1) is 12.3 Å². The molecule has 0 saturated carbocycles. The summed E-state index contributed by atoms with van der Waals surface area (Å²) < 4.78 is 11.0. The highest BCUT2D eigenvalue weighted by Crippen LogP contribution is 2.26. The number of anilines is 1. The summed E-state index contributed by atoms with van der Waals surface area (Å²) in [5.41, 5.74) is 7.29. The standard InChI is InChI=1S/C15H18N2O3/c1-2-19-15-13(16)7-8-14(17-15)20-12-5-3-11(4-6-12)9-10-18/h3-8,18H,2,9-10,16H2,1H3. The number of rotatable bonds is 6. The fourth-order valence-corrected chi connectivity index (χ4v) is 1.72. The van der Waals surface area contributed by atoms with Crippen molar-refractivity contribution in [2.45, 2.75) is 13.3 Å². The highest BCUT2D eigenvalue weighted by atomic mass is 16.5. The maximum absolute atomic E-state index is 8.86. The predicted octanol–water partition coefficient (Wildman–Crippen LogP) is 2.39. The minimum atomic E-state index is 0.136. The van der Waals surface area contributed by atoms with E-state index in [0.717, 1.165) is 5.56 Å². The van der Waals surface area contributed by atoms with Crippen LogP contribution in [0.25, 0.3) is 0 Å². The number of hydrogen-bond acceptors (Lipinski definition) is 5. The minimum absolute atomic E-state index is 0.136. The summed E-state index contributed by atoms with van der Waals surface area (Å²) >= 11 is 0. The van der Waals surface area contributed by atoms with E-state index < -0.39 is 0 Å². The number of nitrogens with two attached hydrogens (primary N) is 1. The molecule has 20 heavy (non-hydrogen) atoms. The van der Waals surface area contributed by atoms with E-state index in [1.54, 1.807) is 12.1 Å². The van der Waals surface area contributed by atoms with Gasteiger partial charge in [-0.15, -0.1) is 0 Å². The van der Waals surface area contributed by atoms with Crippen LogP contribution >= 0.6 is 0 Å². The van der Waals surface area contributed by atoms with Crippen molar-refractivity contribution in [2.75, 3.05) is 18.9 Å². The van der Waals surface area contributed by atoms with Crippen LogP contribution in [0.3, 0.4) is 0 Å². The molecule has 0 aliphatic heterocycles. The molecule has 1 heterocycles. The Morgan fingerprint density at radius 3 is 2.55 bits per heavy atom. The zero-order valence-corrected chi connectivity index (χ0v) is 11.4. The van der Waals surface area contributed by atoms with E-state index >= 15 is 0 Å². The molecule has 0 spiro atoms. The van der Waals surface area contributed by atoms with Gasteiger partial charge in [-0.2, -0.15) is 4.98 Å². The summed E-state index contributed by atoms with van der Waals surface area (Å²) in [6, 6.07) is 10.9. The molecule has 0 radical (unpaired) electrons. The number of aliphatic hydroxyl groups is 1. The van der Waals surface area contributed by atoms with Crippen molar-refractivity contribution in [3.63, 3.8) is 0 Å². The number of ether oxygens (including phenoxy) is 2. The molecule has 3 N–H and O–H groups in total. The molecule has 5 nitrogen and oxygen atoms in total. The minimum Gasteiger partial charge on any atom is -0.476 e. The van der Waals surface area contributed by atoms with E-state index in [9.17, 15) is 0 Å². The second kappa shape index (κ2) is 6.77. The molecular weight excluding hydrogens is 256 g/mol. The van der Waals surface area contributed by atoms with Crippen LogP contribution in [0.2, 0.25) is 0 Å². The SMILES string of the molecule is CCOc1nc(Oc2ccc(CCO)cc2)ccc1N. The molecule has 0 fully saturated rings. The van der Waals surface area contributed by atoms with Gasteiger partial charge in [-0.3, -0.25) is 0 Å². The Bertz CT molecular complexity index is 556. The van der Waals surface area contributed by atoms with E-state index in [-0.39, 0.29) is 6.61 Å². The van der Waals surface area contributed by atoms with Crippen molar-refractivity contribution < 1.29 is 14.6 Å². The number of nitrogens with zero attached hydrogens (tertiary/aromatic N) is 1. The van der Waals surface area contributed by atoms with Crippen molar-refractivity contribution in [3.05, 3.63) is 42.0 Å². The Morgan fingerprint density at radius 1 is 1.15 bits per heavy atom. The zero-order valence-electron chi connectivity index (χ0n) is 11.4. The third-order valence-electron chi connectivity index (χ3n) is 2.69. The molecule has 0 bridgehead atoms. The Balaban J connectivity index is 2.11. The van der Waals surface area contributed by atoms with E-state index in [1.807, 2.05) is 31.2 Å². The lowest BCUT2D eigenvalue weighted by Crippen LogP contribution is -2.00. The van der Waals surface area contributed by atoms with Crippen molar-refractivity contribution in [2.24, 2.45) is 0 Å². The molecular formula is C15H18N2O3. The molecule has 1 aromatic carbocycles. The molecule has 1 aromatic heterocycles. The number of nitrogen functional groups attached to an aromatic ring is 1. The van der Waals surface area contributed by atoms with E-state index in [4.69, 9.17) is 20.3 Å². The monoisotopic (exact) mass is 274 g/mol. The first kappa shape index (κ1) is 14.1. The van der Waals surface area contributed by atoms with Crippen LogP contribution in [0, 0.1) is 0 Å². The smallest absolute Gasteiger partial charge is 0.240 e. The predicted molar refractivity (Wildman–Crippen MR) is 77.1 cm³/mol. The Kier molecular flexibility index (Phi) is 4.79. The van der Waals surface area contributed by atoms with E-state index in [0.29, 0.717) is 36.2 Å². The van der Waals surface area contributed by atoms with Gasteiger partial charge in [0.1, 0.15) is 5.75 Å². The fraction of sp³-hybridized carbons (Fsp3) is 0.267. The Labute approximate surface area is 118 Å². The van der Waals surface area contributed by atoms with Crippen LogP contribution < -0.4 is 15.2 Å². The summed E-state index contributed by atoms with van der Waals surface area (Å²) in [5.74, 6) is 1.48. The van der Waals surface area contributed by atoms with Crippen LogP contribution in [0.5, 0.6) is 17.5 Å². The van der Waals surface area contributed by atoms with Crippen molar-refractivity contribution in [3.8, 4) is 17.5 Å². The second-order valence-corrected chi connectivity index (χ2v) is 4.20. The molecule has 106 valence electrons. The number of hydrogen-bond donors (Lipinski definition) is 2. The first-order valence-corrected chi connectivity index (χ1v) is 6.50. The highest BCUT2D eigenvalue weighted by Gasteiger charge is 2.05. The van der Waals surface area contributed by atoms with Gasteiger partial charge in [0, 0.05) is 12.7 Å². The molecule has 0 unspecified atom stereocenters. The van der Waals surface area contributed by atoms with Gasteiger partial charge in [0.25, 0.3) is 0 Å². The molecule has 0 aliphatic carbocycles. The highest BCUT2D eigenvalue weighted by molar-refractivity contribution is 5.49. The van der Waals surface area contributed by atoms with Crippen LogP contribution in [0.4, 0.5) is 5.69 Å². The number of aliphatic hydroxyl groups excluding tert-OH is 1. The van der Waals surface area contributed by atoms with Gasteiger partial charge < -0.3 is 20.3 Å². The van der Waals surface area contributed by atoms with Crippen LogP contribution in [0.1, 0.15) is 12.5 Å². The van der Waals surface area contributed by atoms with Gasteiger partial charge in [-0.1, -0.05) is 12.1 Å². The average Bonchev–Trinajstić information content (AvgIpc) is 2.45. The normalized spacial score (nSPS) is 10.3. The third kappa shape index (κ3) is 3.61. The zero-order chi connectivity index (χ0) is 14.4. The van der Waals surface area contributed by atoms with Gasteiger partial charge >= 0.3 is 0 Å². The maximum atomic E-state index is 8.86. The van der Waals surface area contributed by atoms with Gasteiger partial charge in [-0.25, -0.2) is 0 Å². The molecule has 0 saturated heterocycles. The molecule has 0 aliphatic rings. The quantitative estimate of drug-likeness (QED) is 0.845. The van der Waals surface area contributed by atoms with Crippen molar-refractivity contribution in [1.82, 2.24) is 4.98 Å². The molecule has 2 aromatic rings. The average molecular weight is 274 g/mol. The summed E-state index contributed by atoms with van der Waals surface area (Å²) in [4.78, 5) is 4.21. The first-order valence-electron chi connectivity index (χ1n) is 6.50. The lowest BCUT2D eigenvalue weighted by atomic mass is 10.1. The van der Waals surface area contributed by atoms with E-state index in [1.165, 1.54) is 0 Å². The summed E-state index contributed by atoms with van der Waals surface area (Å²) in [6.45, 7) is 2.50. The number of aromatic nitrogens is 1. The van der Waals surface area contributed by atoms with Gasteiger partial charge in [-0.05, 0) is 37.1 Å². The van der Waals surface area contributed by atoms with Crippen LogP contribution in [0.15, 0.2) is 36.4 Å². The second-order valence-electron chi connectivity index (χ2n) is 4.20. The van der Waals surface area contributed by atoms with Gasteiger partial charge in [0.15, 0.2) is 0 Å². The lowest BCUT2D eigenvalue weighted by molar-refractivity contribution is 0.299. The first-order chi connectivity index (χ1) is 9.72. The molecule has 2 rings (SSSR count). The van der Waals surface area contributed by atoms with Crippen molar-refractivity contribution >= 4 is 5.69 Å². The Hall–Kier alpha value is -2.27. The number of pyridine rings is 1. The van der Waals surface area contributed by atoms with Crippen LogP contribution in [-0.2, 0) is 6.42 Å². The lowest BCUT2D eigenvalue weighted by Gasteiger charge is -2.09. The van der Waals surface area contributed by atoms with Crippen molar-refractivity contribution in [1.29, 1.82) is 0 Å². The molecule has 0 atom stereocenters. The molecule has 5 heteroatoms. The third-order valence-corrected chi connectivity index (χ3v) is 2.69. The largest absolute Gasteiger partial charge is 0.476 e. The van der Waals surface area contributed by atoms with E-state index in [2.05, 4.69) is 4.98 Å². The Morgan fingerprint density at radius 2 is 1.90 bits per heavy atom. The van der Waals surface area contributed by atoms with Gasteiger partial charge in [0.2, 0.25) is 11.8 Å². The topological polar surface area (TPSA) is 77.6 Å². The summed E-state index contributed by atoms with van der Waals surface area (Å²) in [5, 5.41) is 8.86.